The predicted molar refractivity (Wildman–Crippen MR) is 122 cm³/mol. The van der Waals surface area contributed by atoms with E-state index in [1.165, 1.54) is 11.1 Å². The van der Waals surface area contributed by atoms with E-state index in [-0.39, 0.29) is 11.9 Å². The van der Waals surface area contributed by atoms with Gasteiger partial charge in [-0.15, -0.1) is 0 Å². The Bertz CT molecular complexity index is 1060. The average Bonchev–Trinajstić information content (AvgIpc) is 3.07. The molecule has 3 heterocycles. The van der Waals surface area contributed by atoms with Crippen molar-refractivity contribution in [2.45, 2.75) is 31.7 Å². The Morgan fingerprint density at radius 3 is 2.74 bits per heavy atom. The van der Waals surface area contributed by atoms with Crippen molar-refractivity contribution in [3.63, 3.8) is 0 Å². The lowest BCUT2D eigenvalue weighted by molar-refractivity contribution is -0.118. The van der Waals surface area contributed by atoms with Gasteiger partial charge in [-0.2, -0.15) is 0 Å². The van der Waals surface area contributed by atoms with Crippen molar-refractivity contribution in [1.82, 2.24) is 9.88 Å². The third-order valence-corrected chi connectivity index (χ3v) is 6.29. The number of nitrogens with zero attached hydrogens (tertiary/aromatic N) is 1. The van der Waals surface area contributed by atoms with Crippen molar-refractivity contribution in [3.8, 4) is 11.5 Å². The maximum absolute atomic E-state index is 12.9. The zero-order valence-corrected chi connectivity index (χ0v) is 18.1. The number of aromatic amines is 1. The number of carbonyl (C=O) groups is 1. The highest BCUT2D eigenvalue weighted by Crippen LogP contribution is 2.38. The molecule has 31 heavy (non-hydrogen) atoms. The fourth-order valence-corrected chi connectivity index (χ4v) is 4.66. The van der Waals surface area contributed by atoms with Crippen molar-refractivity contribution >= 4 is 34.1 Å². The summed E-state index contributed by atoms with van der Waals surface area (Å²) in [5.74, 6) is 1.15. The normalized spacial score (nSPS) is 19.2. The van der Waals surface area contributed by atoms with Gasteiger partial charge in [0.2, 0.25) is 5.91 Å². The lowest BCUT2D eigenvalue weighted by atomic mass is 9.99. The summed E-state index contributed by atoms with van der Waals surface area (Å²) in [4.78, 5) is 18.7. The fourth-order valence-electron chi connectivity index (χ4n) is 4.46. The first-order valence-corrected chi connectivity index (χ1v) is 11.3. The van der Waals surface area contributed by atoms with Crippen LogP contribution in [0.2, 0.25) is 5.02 Å². The summed E-state index contributed by atoms with van der Waals surface area (Å²) in [6, 6.07) is 14.2. The third kappa shape index (κ3) is 4.36. The molecule has 1 aromatic heterocycles. The van der Waals surface area contributed by atoms with Gasteiger partial charge in [0.05, 0.1) is 36.5 Å². The highest BCUT2D eigenvalue weighted by atomic mass is 35.5. The molecule has 7 heteroatoms. The SMILES string of the molecule is O=C(CN1CCCCC1c1cc2ccccc2[nH]1)Nc1cc2c(cc1Cl)OCCCO2. The molecule has 0 aliphatic carbocycles. The Morgan fingerprint density at radius 2 is 1.90 bits per heavy atom. The van der Waals surface area contributed by atoms with Gasteiger partial charge in [0.15, 0.2) is 11.5 Å². The molecule has 2 N–H and O–H groups in total. The van der Waals surface area contributed by atoms with Crippen molar-refractivity contribution in [1.29, 1.82) is 0 Å². The summed E-state index contributed by atoms with van der Waals surface area (Å²) in [6.07, 6.45) is 4.10. The van der Waals surface area contributed by atoms with E-state index in [0.717, 1.165) is 37.7 Å². The Balaban J connectivity index is 1.31. The number of piperidine rings is 1. The van der Waals surface area contributed by atoms with Gasteiger partial charge in [0, 0.05) is 29.8 Å². The fraction of sp³-hybridized carbons (Fsp3) is 0.375. The van der Waals surface area contributed by atoms with Crippen LogP contribution < -0.4 is 14.8 Å². The lowest BCUT2D eigenvalue weighted by Crippen LogP contribution is -2.39. The van der Waals surface area contributed by atoms with E-state index in [1.54, 1.807) is 12.1 Å². The molecule has 1 amide bonds. The molecule has 1 atom stereocenters. The first-order valence-electron chi connectivity index (χ1n) is 10.9. The van der Waals surface area contributed by atoms with Crippen molar-refractivity contribution < 1.29 is 14.3 Å². The largest absolute Gasteiger partial charge is 0.490 e. The van der Waals surface area contributed by atoms with E-state index in [1.807, 2.05) is 12.1 Å². The van der Waals surface area contributed by atoms with E-state index in [0.29, 0.717) is 42.0 Å². The summed E-state index contributed by atoms with van der Waals surface area (Å²) >= 11 is 6.40. The number of hydrogen-bond donors (Lipinski definition) is 2. The quantitative estimate of drug-likeness (QED) is 0.590. The Morgan fingerprint density at radius 1 is 1.10 bits per heavy atom. The van der Waals surface area contributed by atoms with Crippen LogP contribution in [0.5, 0.6) is 11.5 Å². The zero-order chi connectivity index (χ0) is 21.2. The van der Waals surface area contributed by atoms with Crippen LogP contribution in [0.15, 0.2) is 42.5 Å². The van der Waals surface area contributed by atoms with Crippen molar-refractivity contribution in [2.75, 3.05) is 31.6 Å². The molecule has 5 rings (SSSR count). The van der Waals surface area contributed by atoms with Gasteiger partial charge in [0.1, 0.15) is 0 Å². The van der Waals surface area contributed by atoms with Gasteiger partial charge < -0.3 is 19.8 Å². The van der Waals surface area contributed by atoms with Gasteiger partial charge in [-0.3, -0.25) is 9.69 Å². The minimum absolute atomic E-state index is 0.0839. The van der Waals surface area contributed by atoms with Crippen LogP contribution in [0.4, 0.5) is 5.69 Å². The minimum atomic E-state index is -0.0839. The molecule has 0 radical (unpaired) electrons. The number of amides is 1. The van der Waals surface area contributed by atoms with Crippen LogP contribution in [0.25, 0.3) is 10.9 Å². The molecular weight excluding hydrogens is 414 g/mol. The maximum Gasteiger partial charge on any atom is 0.238 e. The number of ether oxygens (including phenoxy) is 2. The number of H-pyrrole nitrogens is 1. The zero-order valence-electron chi connectivity index (χ0n) is 17.3. The van der Waals surface area contributed by atoms with E-state index >= 15 is 0 Å². The average molecular weight is 440 g/mol. The van der Waals surface area contributed by atoms with Crippen LogP contribution in [0, 0.1) is 0 Å². The molecule has 2 aliphatic rings. The van der Waals surface area contributed by atoms with Crippen molar-refractivity contribution in [2.24, 2.45) is 0 Å². The standard InChI is InChI=1S/C24H26ClN3O3/c25-17-13-22-23(31-11-5-10-30-22)14-19(17)27-24(29)15-28-9-4-3-8-21(28)20-12-16-6-1-2-7-18(16)26-20/h1-2,6-7,12-14,21,26H,3-5,8-11,15H2,(H,27,29). The Kier molecular flexibility index (Phi) is 5.74. The summed E-state index contributed by atoms with van der Waals surface area (Å²) in [6.45, 7) is 2.38. The molecule has 1 fully saturated rings. The molecule has 1 saturated heterocycles. The summed E-state index contributed by atoms with van der Waals surface area (Å²) in [5.41, 5.74) is 2.85. The molecule has 2 aliphatic heterocycles. The molecule has 1 unspecified atom stereocenters. The van der Waals surface area contributed by atoms with E-state index in [9.17, 15) is 4.79 Å². The number of anilines is 1. The second-order valence-electron chi connectivity index (χ2n) is 8.17. The number of aromatic nitrogens is 1. The smallest absolute Gasteiger partial charge is 0.238 e. The predicted octanol–water partition coefficient (Wildman–Crippen LogP) is 5.15. The van der Waals surface area contributed by atoms with Crippen LogP contribution in [-0.4, -0.2) is 42.1 Å². The molecular formula is C24H26ClN3O3. The number of nitrogens with one attached hydrogen (secondary N) is 2. The second-order valence-corrected chi connectivity index (χ2v) is 8.58. The van der Waals surface area contributed by atoms with Gasteiger partial charge >= 0.3 is 0 Å². The molecule has 0 spiro atoms. The second kappa shape index (κ2) is 8.81. The molecule has 0 saturated carbocycles. The summed E-state index contributed by atoms with van der Waals surface area (Å²) < 4.78 is 11.4. The first-order chi connectivity index (χ1) is 15.2. The number of halogens is 1. The molecule has 2 aromatic carbocycles. The topological polar surface area (TPSA) is 66.6 Å². The van der Waals surface area contributed by atoms with E-state index < -0.39 is 0 Å². The maximum atomic E-state index is 12.9. The van der Waals surface area contributed by atoms with Crippen LogP contribution in [0.1, 0.15) is 37.4 Å². The summed E-state index contributed by atoms with van der Waals surface area (Å²) in [7, 11) is 0. The molecule has 162 valence electrons. The van der Waals surface area contributed by atoms with Gasteiger partial charge in [-0.1, -0.05) is 36.2 Å². The number of hydrogen-bond acceptors (Lipinski definition) is 4. The number of rotatable bonds is 4. The number of para-hydroxylation sites is 1. The van der Waals surface area contributed by atoms with E-state index in [4.69, 9.17) is 21.1 Å². The van der Waals surface area contributed by atoms with Crippen LogP contribution in [0.3, 0.4) is 0 Å². The summed E-state index contributed by atoms with van der Waals surface area (Å²) in [5, 5.41) is 4.62. The number of carbonyl (C=O) groups excluding carboxylic acids is 1. The number of fused-ring (bicyclic) bond motifs is 2. The molecule has 0 bridgehead atoms. The highest BCUT2D eigenvalue weighted by molar-refractivity contribution is 6.34. The lowest BCUT2D eigenvalue weighted by Gasteiger charge is -2.34. The van der Waals surface area contributed by atoms with Crippen molar-refractivity contribution in [3.05, 3.63) is 53.2 Å². The van der Waals surface area contributed by atoms with Crippen LogP contribution in [-0.2, 0) is 4.79 Å². The van der Waals surface area contributed by atoms with Gasteiger partial charge in [-0.05, 0) is 36.9 Å². The minimum Gasteiger partial charge on any atom is -0.490 e. The molecule has 3 aromatic rings. The highest BCUT2D eigenvalue weighted by Gasteiger charge is 2.27. The monoisotopic (exact) mass is 439 g/mol. The Hall–Kier alpha value is -2.70. The van der Waals surface area contributed by atoms with Gasteiger partial charge in [-0.25, -0.2) is 0 Å². The van der Waals surface area contributed by atoms with E-state index in [2.05, 4.69) is 33.4 Å². The number of benzene rings is 2. The van der Waals surface area contributed by atoms with Gasteiger partial charge in [0.25, 0.3) is 0 Å². The first kappa shape index (κ1) is 20.2. The third-order valence-electron chi connectivity index (χ3n) is 5.98. The number of likely N-dealkylation sites (tertiary alicyclic amines) is 1. The van der Waals surface area contributed by atoms with Crippen LogP contribution >= 0.6 is 11.6 Å². The Labute approximate surface area is 186 Å². The molecule has 6 nitrogen and oxygen atoms in total.